The molecule has 1 heterocycles. The number of β-lactam (4-membered cyclic amide) rings is 1. The molecule has 0 spiro atoms. The Hall–Kier alpha value is -2.82. The highest BCUT2D eigenvalue weighted by Crippen LogP contribution is 2.34. The van der Waals surface area contributed by atoms with Gasteiger partial charge in [0.25, 0.3) is 0 Å². The molecule has 106 valence electrons. The van der Waals surface area contributed by atoms with E-state index in [1.807, 2.05) is 30.3 Å². The van der Waals surface area contributed by atoms with Crippen LogP contribution in [0.4, 0.5) is 0 Å². The van der Waals surface area contributed by atoms with Crippen LogP contribution in [-0.2, 0) is 4.79 Å². The Kier molecular flexibility index (Phi) is 3.31. The molecule has 5 heteroatoms. The lowest BCUT2D eigenvalue weighted by Crippen LogP contribution is -2.42. The van der Waals surface area contributed by atoms with E-state index in [0.29, 0.717) is 12.0 Å². The Bertz CT molecular complexity index is 698. The number of rotatable bonds is 3. The second-order valence-electron chi connectivity index (χ2n) is 4.86. The van der Waals surface area contributed by atoms with Crippen LogP contribution in [-0.4, -0.2) is 27.3 Å². The molecule has 1 aliphatic rings. The van der Waals surface area contributed by atoms with Crippen molar-refractivity contribution in [3.8, 4) is 11.5 Å². The van der Waals surface area contributed by atoms with Crippen molar-refractivity contribution in [3.63, 3.8) is 0 Å². The van der Waals surface area contributed by atoms with Crippen molar-refractivity contribution in [1.29, 1.82) is 0 Å². The Morgan fingerprint density at radius 2 is 1.86 bits per heavy atom. The minimum absolute atomic E-state index is 0.0388. The number of carbonyl (C=O) groups excluding carboxylic acids is 1. The van der Waals surface area contributed by atoms with E-state index in [1.54, 1.807) is 6.07 Å². The van der Waals surface area contributed by atoms with Crippen molar-refractivity contribution in [3.05, 3.63) is 59.7 Å². The molecule has 2 aromatic rings. The zero-order chi connectivity index (χ0) is 14.8. The zero-order valence-corrected chi connectivity index (χ0v) is 11.2. The number of hydrazone groups is 1. The molecule has 0 radical (unpaired) electrons. The minimum Gasteiger partial charge on any atom is -0.504 e. The number of amides is 1. The lowest BCUT2D eigenvalue weighted by molar-refractivity contribution is -0.146. The predicted molar refractivity (Wildman–Crippen MR) is 78.0 cm³/mol. The fourth-order valence-electron chi connectivity index (χ4n) is 2.24. The van der Waals surface area contributed by atoms with Crippen LogP contribution in [0.1, 0.15) is 23.6 Å². The van der Waals surface area contributed by atoms with Crippen LogP contribution in [0.15, 0.2) is 53.6 Å². The molecule has 0 aromatic heterocycles. The van der Waals surface area contributed by atoms with Crippen LogP contribution in [0.3, 0.4) is 0 Å². The number of nitrogens with zero attached hydrogens (tertiary/aromatic N) is 2. The van der Waals surface area contributed by atoms with Gasteiger partial charge in [-0.2, -0.15) is 5.10 Å². The maximum atomic E-state index is 11.7. The van der Waals surface area contributed by atoms with Crippen LogP contribution in [0.5, 0.6) is 11.5 Å². The van der Waals surface area contributed by atoms with Gasteiger partial charge in [-0.15, -0.1) is 0 Å². The molecule has 0 aliphatic carbocycles. The van der Waals surface area contributed by atoms with Crippen LogP contribution in [0, 0.1) is 0 Å². The van der Waals surface area contributed by atoms with E-state index in [9.17, 15) is 15.0 Å². The lowest BCUT2D eigenvalue weighted by atomic mass is 9.96. The van der Waals surface area contributed by atoms with Crippen LogP contribution in [0.25, 0.3) is 0 Å². The Morgan fingerprint density at radius 3 is 2.52 bits per heavy atom. The highest BCUT2D eigenvalue weighted by Gasteiger charge is 2.37. The summed E-state index contributed by atoms with van der Waals surface area (Å²) in [6.45, 7) is 0. The maximum absolute atomic E-state index is 11.7. The standard InChI is InChI=1S/C16H14N2O3/c19-14-7-6-11(8-15(14)20)10-17-18-13(9-16(18)21)12-4-2-1-3-5-12/h1-8,10,13,19-20H,9H2/b17-10+. The van der Waals surface area contributed by atoms with Gasteiger partial charge < -0.3 is 10.2 Å². The van der Waals surface area contributed by atoms with Crippen molar-refractivity contribution in [2.24, 2.45) is 5.10 Å². The van der Waals surface area contributed by atoms with Crippen molar-refractivity contribution >= 4 is 12.1 Å². The van der Waals surface area contributed by atoms with E-state index < -0.39 is 0 Å². The summed E-state index contributed by atoms with van der Waals surface area (Å²) >= 11 is 0. The third-order valence-corrected chi connectivity index (χ3v) is 3.43. The molecule has 1 unspecified atom stereocenters. The summed E-state index contributed by atoms with van der Waals surface area (Å²) in [7, 11) is 0. The highest BCUT2D eigenvalue weighted by molar-refractivity contribution is 5.86. The number of aromatic hydroxyl groups is 2. The smallest absolute Gasteiger partial charge is 0.245 e. The van der Waals surface area contributed by atoms with Crippen molar-refractivity contribution in [1.82, 2.24) is 5.01 Å². The van der Waals surface area contributed by atoms with Crippen molar-refractivity contribution in [2.45, 2.75) is 12.5 Å². The maximum Gasteiger partial charge on any atom is 0.245 e. The summed E-state index contributed by atoms with van der Waals surface area (Å²) in [4.78, 5) is 11.7. The molecule has 1 aliphatic heterocycles. The normalized spacial score (nSPS) is 18.0. The Labute approximate surface area is 121 Å². The first-order chi connectivity index (χ1) is 10.1. The Balaban J connectivity index is 1.78. The van der Waals surface area contributed by atoms with Gasteiger partial charge in [-0.3, -0.25) is 4.79 Å². The summed E-state index contributed by atoms with van der Waals surface area (Å²) in [6, 6.07) is 14.1. The zero-order valence-electron chi connectivity index (χ0n) is 11.2. The number of benzene rings is 2. The molecule has 2 aromatic carbocycles. The van der Waals surface area contributed by atoms with Gasteiger partial charge in [-0.25, -0.2) is 5.01 Å². The van der Waals surface area contributed by atoms with E-state index in [4.69, 9.17) is 0 Å². The molecule has 1 amide bonds. The van der Waals surface area contributed by atoms with Crippen LogP contribution in [0.2, 0.25) is 0 Å². The highest BCUT2D eigenvalue weighted by atomic mass is 16.3. The summed E-state index contributed by atoms with van der Waals surface area (Å²) in [5.74, 6) is -0.439. The van der Waals surface area contributed by atoms with Crippen LogP contribution >= 0.6 is 0 Å². The average molecular weight is 282 g/mol. The van der Waals surface area contributed by atoms with E-state index in [-0.39, 0.29) is 23.4 Å². The molecular formula is C16H14N2O3. The minimum atomic E-state index is -0.214. The number of phenolic OH excluding ortho intramolecular Hbond substituents is 2. The molecular weight excluding hydrogens is 268 g/mol. The number of phenols is 2. The molecule has 5 nitrogen and oxygen atoms in total. The van der Waals surface area contributed by atoms with E-state index >= 15 is 0 Å². The molecule has 3 rings (SSSR count). The van der Waals surface area contributed by atoms with Crippen molar-refractivity contribution < 1.29 is 15.0 Å². The molecule has 1 fully saturated rings. The fraction of sp³-hybridized carbons (Fsp3) is 0.125. The molecule has 1 saturated heterocycles. The second-order valence-corrected chi connectivity index (χ2v) is 4.86. The summed E-state index contributed by atoms with van der Waals surface area (Å²) in [6.07, 6.45) is 1.94. The van der Waals surface area contributed by atoms with Gasteiger partial charge in [-0.1, -0.05) is 30.3 Å². The SMILES string of the molecule is O=C1CC(c2ccccc2)N1/N=C/c1ccc(O)c(O)c1. The lowest BCUT2D eigenvalue weighted by Gasteiger charge is -2.36. The summed E-state index contributed by atoms with van der Waals surface area (Å²) < 4.78 is 0. The van der Waals surface area contributed by atoms with Gasteiger partial charge in [0.05, 0.1) is 18.7 Å². The molecule has 0 bridgehead atoms. The molecule has 1 atom stereocenters. The van der Waals surface area contributed by atoms with Gasteiger partial charge >= 0.3 is 0 Å². The van der Waals surface area contributed by atoms with Gasteiger partial charge in [0.2, 0.25) is 5.91 Å². The average Bonchev–Trinajstić information content (AvgIpc) is 2.49. The third-order valence-electron chi connectivity index (χ3n) is 3.43. The topological polar surface area (TPSA) is 73.1 Å². The van der Waals surface area contributed by atoms with Crippen LogP contribution < -0.4 is 0 Å². The van der Waals surface area contributed by atoms with Gasteiger partial charge in [-0.05, 0) is 29.3 Å². The van der Waals surface area contributed by atoms with Crippen molar-refractivity contribution in [2.75, 3.05) is 0 Å². The first kappa shape index (κ1) is 13.2. The summed E-state index contributed by atoms with van der Waals surface area (Å²) in [5.41, 5.74) is 1.65. The quantitative estimate of drug-likeness (QED) is 0.516. The number of hydrogen-bond donors (Lipinski definition) is 2. The Morgan fingerprint density at radius 1 is 1.10 bits per heavy atom. The van der Waals surface area contributed by atoms with Gasteiger partial charge in [0.1, 0.15) is 0 Å². The molecule has 0 saturated carbocycles. The fourth-order valence-corrected chi connectivity index (χ4v) is 2.24. The van der Waals surface area contributed by atoms with E-state index in [2.05, 4.69) is 5.10 Å². The predicted octanol–water partition coefficient (Wildman–Crippen LogP) is 2.41. The first-order valence-corrected chi connectivity index (χ1v) is 6.58. The largest absolute Gasteiger partial charge is 0.504 e. The second kappa shape index (κ2) is 5.28. The van der Waals surface area contributed by atoms with Gasteiger partial charge in [0, 0.05) is 0 Å². The molecule has 21 heavy (non-hydrogen) atoms. The number of carbonyl (C=O) groups is 1. The van der Waals surface area contributed by atoms with E-state index in [0.717, 1.165) is 5.56 Å². The monoisotopic (exact) mass is 282 g/mol. The molecule has 2 N–H and O–H groups in total. The number of hydrogen-bond acceptors (Lipinski definition) is 4. The first-order valence-electron chi connectivity index (χ1n) is 6.58. The van der Waals surface area contributed by atoms with E-state index in [1.165, 1.54) is 23.4 Å². The van der Waals surface area contributed by atoms with Gasteiger partial charge in [0.15, 0.2) is 11.5 Å². The summed E-state index contributed by atoms with van der Waals surface area (Å²) in [5, 5.41) is 24.3. The third kappa shape index (κ3) is 2.58.